The first kappa shape index (κ1) is 68.9. The first-order valence-electron chi connectivity index (χ1n) is 54.7. The average Bonchev–Trinajstić information content (AvgIpc) is 0.749. The van der Waals surface area contributed by atoms with Crippen LogP contribution in [0.2, 0.25) is 0 Å². The Hall–Kier alpha value is -17.1. The van der Waals surface area contributed by atoms with Crippen molar-refractivity contribution in [3.05, 3.63) is 534 Å². The standard InChI is InChI=1S/C132H83N6.2Ir/c1-5-33-89(34-6-1)123-83-95(127-53-25-29-73-133-127)61-67-119(123)115-49-21-17-45-111(115)103-77-101(78-104(81-103)112-46-18-22-50-116(112)120-68-62-96(128-54-26-30-74-134-128)84-124(120)90-35-7-2-8-36-90)109-43-15-13-41-107(109)99-65-71-131(137-87-99)93-57-59-94(60-58-93)132-72-66-100(88-138-132)108-42-14-16-44-110(108)102-79-105(113-47-19-23-51-117(113)121-69-63-97(129-55-27-31-75-135-129)85-125(121)91-37-9-3-10-38-91)82-106(80-102)114-48-20-24-52-118(114)122-70-64-98(130-56-28-32-76-136-130)86-126(122)92-39-11-4-12-40-92;;/h1-59,65-88H;;/q-5;;+3/i1D,2D,3D,4D,5D,6D,7D,8D,9D,10D,11D,12D,33D,34D,35D,36D,37D,38D,39D,40D;;. The molecule has 0 saturated carbocycles. The molecule has 6 nitrogen and oxygen atoms in total. The number of nitrogens with zero attached hydrogens (tertiary/aromatic N) is 6. The van der Waals surface area contributed by atoms with Gasteiger partial charge in [0.15, 0.2) is 0 Å². The van der Waals surface area contributed by atoms with Crippen LogP contribution < -0.4 is 0 Å². The summed E-state index contributed by atoms with van der Waals surface area (Å²) in [5, 5.41) is 0. The number of rotatable bonds is 22. The van der Waals surface area contributed by atoms with Crippen LogP contribution in [-0.2, 0) is 40.2 Å². The van der Waals surface area contributed by atoms with Gasteiger partial charge in [-0.05, 0) is 201 Å². The molecule has 23 aromatic rings. The zero-order valence-corrected chi connectivity index (χ0v) is 79.0. The van der Waals surface area contributed by atoms with E-state index in [4.69, 9.17) is 26.4 Å². The second kappa shape index (κ2) is 40.9. The normalized spacial score (nSPS) is 13.0. The summed E-state index contributed by atoms with van der Waals surface area (Å²) in [6.45, 7) is 0. The van der Waals surface area contributed by atoms with Gasteiger partial charge in [-0.3, -0.25) is 4.98 Å². The Labute approximate surface area is 871 Å². The number of aromatic nitrogens is 6. The minimum atomic E-state index is -0.536. The van der Waals surface area contributed by atoms with E-state index in [9.17, 15) is 11.0 Å². The second-order valence-electron chi connectivity index (χ2n) is 32.8. The van der Waals surface area contributed by atoms with Crippen LogP contribution >= 0.6 is 0 Å². The molecule has 1 radical (unpaired) electrons. The summed E-state index contributed by atoms with van der Waals surface area (Å²) >= 11 is 0. The van der Waals surface area contributed by atoms with Crippen molar-refractivity contribution < 1.29 is 67.6 Å². The molecule has 661 valence electrons. The van der Waals surface area contributed by atoms with Crippen molar-refractivity contribution in [3.8, 4) is 246 Å². The summed E-state index contributed by atoms with van der Waals surface area (Å²) in [6, 6.07) is 117. The molecule has 0 unspecified atom stereocenters. The third-order valence-corrected chi connectivity index (χ3v) is 24.6. The van der Waals surface area contributed by atoms with E-state index in [1.807, 2.05) is 249 Å². The van der Waals surface area contributed by atoms with Crippen LogP contribution in [0.4, 0.5) is 0 Å². The Kier molecular flexibility index (Phi) is 20.1. The van der Waals surface area contributed by atoms with Gasteiger partial charge in [0.05, 0.1) is 27.4 Å². The molecule has 0 fully saturated rings. The van der Waals surface area contributed by atoms with Gasteiger partial charge in [-0.25, -0.2) is 0 Å². The molecule has 17 aromatic carbocycles. The molecule has 0 bridgehead atoms. The van der Waals surface area contributed by atoms with Gasteiger partial charge in [0, 0.05) is 68.5 Å². The summed E-state index contributed by atoms with van der Waals surface area (Å²) in [4.78, 5) is 28.8. The maximum atomic E-state index is 9.44. The minimum absolute atomic E-state index is 0. The molecule has 23 rings (SSSR count). The van der Waals surface area contributed by atoms with E-state index in [2.05, 4.69) is 86.7 Å². The predicted molar refractivity (Wildman–Crippen MR) is 567 cm³/mol. The van der Waals surface area contributed by atoms with Crippen molar-refractivity contribution >= 4 is 0 Å². The monoisotopic (exact) mass is 2160 g/mol. The Bertz CT molecular complexity index is 8620. The summed E-state index contributed by atoms with van der Waals surface area (Å²) in [5.41, 5.74) is 24.9. The van der Waals surface area contributed by atoms with Gasteiger partial charge < -0.3 is 24.9 Å². The molecule has 0 aliphatic heterocycles. The molecule has 0 N–H and O–H groups in total. The number of hydrogen-bond acceptors (Lipinski definition) is 6. The smallest absolute Gasteiger partial charge is 0.305 e. The molecule has 0 saturated heterocycles. The van der Waals surface area contributed by atoms with Crippen LogP contribution in [0.1, 0.15) is 27.4 Å². The molecule has 0 spiro atoms. The van der Waals surface area contributed by atoms with E-state index in [-0.39, 0.29) is 62.5 Å². The minimum Gasteiger partial charge on any atom is -0.305 e. The molecule has 0 atom stereocenters. The van der Waals surface area contributed by atoms with Gasteiger partial charge in [0.1, 0.15) is 0 Å². The van der Waals surface area contributed by atoms with E-state index < -0.39 is 121 Å². The van der Waals surface area contributed by atoms with Gasteiger partial charge in [-0.15, -0.1) is 125 Å². The van der Waals surface area contributed by atoms with Gasteiger partial charge >= 0.3 is 20.1 Å². The van der Waals surface area contributed by atoms with E-state index in [0.717, 1.165) is 50.1 Å². The van der Waals surface area contributed by atoms with Crippen molar-refractivity contribution in [2.45, 2.75) is 0 Å². The van der Waals surface area contributed by atoms with E-state index in [1.165, 1.54) is 0 Å². The van der Waals surface area contributed by atoms with Crippen LogP contribution in [0, 0.1) is 30.3 Å². The van der Waals surface area contributed by atoms with Crippen molar-refractivity contribution in [3.63, 3.8) is 0 Å². The fourth-order valence-electron chi connectivity index (χ4n) is 18.1. The van der Waals surface area contributed by atoms with Crippen molar-refractivity contribution in [1.29, 1.82) is 0 Å². The maximum absolute atomic E-state index is 9.44. The third kappa shape index (κ3) is 18.5. The molecule has 8 heteroatoms. The summed E-state index contributed by atoms with van der Waals surface area (Å²) in [5.74, 6) is 0. The van der Waals surface area contributed by atoms with Crippen LogP contribution in [0.25, 0.3) is 246 Å². The van der Waals surface area contributed by atoms with Gasteiger partial charge in [-0.1, -0.05) is 405 Å². The maximum Gasteiger partial charge on any atom is 3.00 e. The predicted octanol–water partition coefficient (Wildman–Crippen LogP) is 33.7. The second-order valence-corrected chi connectivity index (χ2v) is 32.8. The molecule has 6 heterocycles. The Morgan fingerprint density at radius 3 is 0.614 bits per heavy atom. The molecule has 140 heavy (non-hydrogen) atoms. The zero-order valence-electron chi connectivity index (χ0n) is 94.2. The quantitative estimate of drug-likeness (QED) is 0.0629. The van der Waals surface area contributed by atoms with Crippen molar-refractivity contribution in [1.82, 2.24) is 29.9 Å². The molecular formula is C132H83Ir2N6-2. The van der Waals surface area contributed by atoms with Gasteiger partial charge in [0.2, 0.25) is 0 Å². The van der Waals surface area contributed by atoms with Crippen LogP contribution in [-0.4, -0.2) is 29.9 Å². The topological polar surface area (TPSA) is 77.3 Å². The summed E-state index contributed by atoms with van der Waals surface area (Å²) < 4.78 is 182. The molecule has 6 aromatic heterocycles. The number of hydrogen-bond donors (Lipinski definition) is 0. The summed E-state index contributed by atoms with van der Waals surface area (Å²) in [6.07, 6.45) is 10.3. The van der Waals surface area contributed by atoms with Gasteiger partial charge in [0.25, 0.3) is 0 Å². The number of pyridine rings is 6. The first-order chi connectivity index (χ1) is 76.7. The third-order valence-electron chi connectivity index (χ3n) is 24.6. The average molecular weight is 2160 g/mol. The fourth-order valence-corrected chi connectivity index (χ4v) is 18.1. The van der Waals surface area contributed by atoms with E-state index in [0.29, 0.717) is 173 Å². The van der Waals surface area contributed by atoms with Crippen molar-refractivity contribution in [2.24, 2.45) is 0 Å². The van der Waals surface area contributed by atoms with Crippen LogP contribution in [0.3, 0.4) is 0 Å². The molecular weight excluding hydrogens is 2050 g/mol. The summed E-state index contributed by atoms with van der Waals surface area (Å²) in [7, 11) is 0. The largest absolute Gasteiger partial charge is 3.00 e. The van der Waals surface area contributed by atoms with Crippen LogP contribution in [0.5, 0.6) is 0 Å². The first-order valence-corrected chi connectivity index (χ1v) is 44.7. The van der Waals surface area contributed by atoms with E-state index >= 15 is 0 Å². The van der Waals surface area contributed by atoms with Crippen LogP contribution in [0.15, 0.2) is 504 Å². The fraction of sp³-hybridized carbons (Fsp3) is 0. The Balaban J connectivity index is 0.00000736. The van der Waals surface area contributed by atoms with Crippen molar-refractivity contribution in [2.75, 3.05) is 0 Å². The number of benzene rings is 17. The molecule has 0 aliphatic rings. The zero-order chi connectivity index (χ0) is 109. The van der Waals surface area contributed by atoms with Gasteiger partial charge in [-0.2, -0.15) is 0 Å². The van der Waals surface area contributed by atoms with E-state index in [1.54, 1.807) is 97.6 Å². The Morgan fingerprint density at radius 2 is 0.379 bits per heavy atom. The molecule has 0 aliphatic carbocycles. The Morgan fingerprint density at radius 1 is 0.157 bits per heavy atom. The SMILES string of the molecule is [2H]c1c([2H])c([2H])c(-c2cc(-c3ccccn3)[c-]cc2-c2ccccc2-c2cc(-c3ccccc3-c3ccc(-c4[c-]cc(-c5ccc(-c6ccccc6-c6cc(-c7ccccc7-c7c[c-]c(-c8ccccn8)cc7-c7c([2H])c([2H])c([2H])c([2H])c7[2H])cc(-c7ccccc7-c7c[c-]c(-c8ccccn8)cc7-c7c([2H])c([2H])c([2H])c([2H])c7[2H])c6)cn5)cc4)nc3)cc(-c3ccccc3-c3c[c-]c(-c4ccccn4)cc3-c3c([2H])c([2H])c([2H])c([2H])c3[2H])c2)c([2H])c1[2H].[Ir+3].[Ir]. The molecule has 0 amide bonds.